The molecule has 0 aliphatic carbocycles. The van der Waals surface area contributed by atoms with Gasteiger partial charge >= 0.3 is 0 Å². The molecule has 3 heteroatoms. The molecule has 1 atom stereocenters. The number of rotatable bonds is 3. The van der Waals surface area contributed by atoms with Crippen molar-refractivity contribution in [1.82, 2.24) is 5.32 Å². The molecule has 1 heterocycles. The van der Waals surface area contributed by atoms with E-state index in [1.807, 2.05) is 11.8 Å². The van der Waals surface area contributed by atoms with Crippen LogP contribution in [-0.2, 0) is 0 Å². The molecule has 0 spiro atoms. The van der Waals surface area contributed by atoms with Gasteiger partial charge in [0.1, 0.15) is 0 Å². The van der Waals surface area contributed by atoms with Crippen LogP contribution in [0.2, 0.25) is 0 Å². The van der Waals surface area contributed by atoms with Crippen LogP contribution in [0, 0.1) is 0 Å². The average Bonchev–Trinajstić information content (AvgIpc) is 2.03. The van der Waals surface area contributed by atoms with Gasteiger partial charge in [0.2, 0.25) is 0 Å². The fraction of sp³-hybridized carbons (Fsp3) is 1.00. The fourth-order valence-electron chi connectivity index (χ4n) is 1.03. The number of thioether (sulfide) groups is 2. The van der Waals surface area contributed by atoms with Gasteiger partial charge in [0.05, 0.1) is 5.37 Å². The van der Waals surface area contributed by atoms with E-state index in [1.54, 1.807) is 0 Å². The van der Waals surface area contributed by atoms with Crippen LogP contribution in [0.1, 0.15) is 12.8 Å². The summed E-state index contributed by atoms with van der Waals surface area (Å²) in [5, 5.41) is 4.25. The quantitative estimate of drug-likeness (QED) is 0.706. The van der Waals surface area contributed by atoms with Crippen molar-refractivity contribution in [3.05, 3.63) is 0 Å². The predicted octanol–water partition coefficient (Wildman–Crippen LogP) is 1.79. The molecular weight excluding hydrogens is 162 g/mol. The third kappa shape index (κ3) is 3.17. The molecule has 10 heavy (non-hydrogen) atoms. The van der Waals surface area contributed by atoms with Crippen LogP contribution in [0.4, 0.5) is 0 Å². The smallest absolute Gasteiger partial charge is 0.0540 e. The second kappa shape index (κ2) is 5.33. The zero-order valence-electron chi connectivity index (χ0n) is 6.43. The molecule has 0 aromatic rings. The number of hydrogen-bond donors (Lipinski definition) is 1. The first-order valence-electron chi connectivity index (χ1n) is 3.77. The lowest BCUT2D eigenvalue weighted by Gasteiger charge is -2.22. The summed E-state index contributed by atoms with van der Waals surface area (Å²) in [7, 11) is 0. The first kappa shape index (κ1) is 8.75. The molecule has 1 nitrogen and oxygen atoms in total. The van der Waals surface area contributed by atoms with Crippen molar-refractivity contribution >= 4 is 23.5 Å². The van der Waals surface area contributed by atoms with Crippen LogP contribution < -0.4 is 5.32 Å². The molecule has 0 amide bonds. The SMILES string of the molecule is CSCCC1NCCCS1. The Morgan fingerprint density at radius 3 is 3.20 bits per heavy atom. The van der Waals surface area contributed by atoms with Gasteiger partial charge < -0.3 is 5.32 Å². The minimum absolute atomic E-state index is 0.751. The molecule has 1 saturated heterocycles. The summed E-state index contributed by atoms with van der Waals surface area (Å²) in [4.78, 5) is 0. The maximum absolute atomic E-state index is 3.50. The molecule has 0 aromatic carbocycles. The molecule has 1 aliphatic rings. The Bertz CT molecular complexity index is 81.7. The third-order valence-electron chi connectivity index (χ3n) is 1.60. The van der Waals surface area contributed by atoms with Crippen molar-refractivity contribution in [2.75, 3.05) is 24.3 Å². The highest BCUT2D eigenvalue weighted by Gasteiger charge is 2.11. The minimum Gasteiger partial charge on any atom is -0.305 e. The zero-order valence-corrected chi connectivity index (χ0v) is 8.06. The molecule has 0 radical (unpaired) electrons. The number of hydrogen-bond acceptors (Lipinski definition) is 3. The van der Waals surface area contributed by atoms with Gasteiger partial charge in [-0.05, 0) is 37.1 Å². The van der Waals surface area contributed by atoms with Gasteiger partial charge in [-0.3, -0.25) is 0 Å². The summed E-state index contributed by atoms with van der Waals surface area (Å²) in [5.41, 5.74) is 0. The molecule has 0 saturated carbocycles. The largest absolute Gasteiger partial charge is 0.305 e. The van der Waals surface area contributed by atoms with E-state index in [9.17, 15) is 0 Å². The average molecular weight is 177 g/mol. The van der Waals surface area contributed by atoms with Gasteiger partial charge in [-0.1, -0.05) is 0 Å². The molecule has 1 rings (SSSR count). The van der Waals surface area contributed by atoms with E-state index < -0.39 is 0 Å². The van der Waals surface area contributed by atoms with Crippen molar-refractivity contribution in [3.63, 3.8) is 0 Å². The van der Waals surface area contributed by atoms with E-state index in [-0.39, 0.29) is 0 Å². The van der Waals surface area contributed by atoms with Crippen LogP contribution in [0.5, 0.6) is 0 Å². The van der Waals surface area contributed by atoms with Crippen LogP contribution in [0.15, 0.2) is 0 Å². The monoisotopic (exact) mass is 177 g/mol. The van der Waals surface area contributed by atoms with Gasteiger partial charge in [0.25, 0.3) is 0 Å². The van der Waals surface area contributed by atoms with Gasteiger partial charge in [-0.15, -0.1) is 11.8 Å². The normalized spacial score (nSPS) is 26.7. The van der Waals surface area contributed by atoms with E-state index in [1.165, 1.54) is 30.9 Å². The predicted molar refractivity (Wildman–Crippen MR) is 51.9 cm³/mol. The lowest BCUT2D eigenvalue weighted by Crippen LogP contribution is -2.32. The van der Waals surface area contributed by atoms with Crippen molar-refractivity contribution in [1.29, 1.82) is 0 Å². The van der Waals surface area contributed by atoms with E-state index in [0.29, 0.717) is 0 Å². The van der Waals surface area contributed by atoms with Crippen molar-refractivity contribution in [3.8, 4) is 0 Å². The standard InChI is InChI=1S/C7H15NS2/c1-9-6-3-7-8-4-2-5-10-7/h7-8H,2-6H2,1H3. The second-order valence-electron chi connectivity index (χ2n) is 2.45. The molecule has 1 aliphatic heterocycles. The Balaban J connectivity index is 2.02. The first-order chi connectivity index (χ1) is 4.93. The summed E-state index contributed by atoms with van der Waals surface area (Å²) in [6.45, 7) is 1.23. The maximum Gasteiger partial charge on any atom is 0.0540 e. The molecule has 1 N–H and O–H groups in total. The Morgan fingerprint density at radius 2 is 2.60 bits per heavy atom. The highest BCUT2D eigenvalue weighted by molar-refractivity contribution is 8.00. The topological polar surface area (TPSA) is 12.0 Å². The van der Waals surface area contributed by atoms with Gasteiger partial charge in [-0.25, -0.2) is 0 Å². The highest BCUT2D eigenvalue weighted by Crippen LogP contribution is 2.18. The fourth-order valence-corrected chi connectivity index (χ4v) is 2.77. The summed E-state index contributed by atoms with van der Waals surface area (Å²) in [5.74, 6) is 2.65. The maximum atomic E-state index is 3.50. The minimum atomic E-state index is 0.751. The summed E-state index contributed by atoms with van der Waals surface area (Å²) >= 11 is 4.02. The Kier molecular flexibility index (Phi) is 4.66. The molecular formula is C7H15NS2. The lowest BCUT2D eigenvalue weighted by atomic mass is 10.4. The van der Waals surface area contributed by atoms with Crippen LogP contribution >= 0.6 is 23.5 Å². The molecule has 1 fully saturated rings. The number of nitrogens with one attached hydrogen (secondary N) is 1. The molecule has 60 valence electrons. The Hall–Kier alpha value is 0.660. The molecule has 0 aromatic heterocycles. The summed E-state index contributed by atoms with van der Waals surface area (Å²) in [6, 6.07) is 0. The van der Waals surface area contributed by atoms with E-state index in [0.717, 1.165) is 5.37 Å². The third-order valence-corrected chi connectivity index (χ3v) is 3.57. The van der Waals surface area contributed by atoms with Crippen molar-refractivity contribution in [2.24, 2.45) is 0 Å². The summed E-state index contributed by atoms with van der Waals surface area (Å²) < 4.78 is 0. The van der Waals surface area contributed by atoms with E-state index in [4.69, 9.17) is 0 Å². The Labute approximate surface area is 71.7 Å². The van der Waals surface area contributed by atoms with E-state index >= 15 is 0 Å². The van der Waals surface area contributed by atoms with Crippen LogP contribution in [-0.4, -0.2) is 29.7 Å². The molecule has 0 bridgehead atoms. The van der Waals surface area contributed by atoms with Crippen molar-refractivity contribution in [2.45, 2.75) is 18.2 Å². The van der Waals surface area contributed by atoms with Crippen LogP contribution in [0.25, 0.3) is 0 Å². The highest BCUT2D eigenvalue weighted by atomic mass is 32.2. The first-order valence-corrected chi connectivity index (χ1v) is 6.21. The Morgan fingerprint density at radius 1 is 1.70 bits per heavy atom. The second-order valence-corrected chi connectivity index (χ2v) is 4.74. The summed E-state index contributed by atoms with van der Waals surface area (Å²) in [6.07, 6.45) is 4.85. The van der Waals surface area contributed by atoms with E-state index in [2.05, 4.69) is 23.3 Å². The van der Waals surface area contributed by atoms with Gasteiger partial charge in [0.15, 0.2) is 0 Å². The van der Waals surface area contributed by atoms with Gasteiger partial charge in [-0.2, -0.15) is 11.8 Å². The van der Waals surface area contributed by atoms with Crippen molar-refractivity contribution < 1.29 is 0 Å². The zero-order chi connectivity index (χ0) is 7.23. The van der Waals surface area contributed by atoms with Gasteiger partial charge in [0, 0.05) is 0 Å². The lowest BCUT2D eigenvalue weighted by molar-refractivity contribution is 0.610. The van der Waals surface area contributed by atoms with Crippen LogP contribution in [0.3, 0.4) is 0 Å². The molecule has 1 unspecified atom stereocenters.